The third-order valence-electron chi connectivity index (χ3n) is 4.28. The van der Waals surface area contributed by atoms with Gasteiger partial charge in [-0.05, 0) is 54.1 Å². The normalized spacial score (nSPS) is 10.8. The van der Waals surface area contributed by atoms with Gasteiger partial charge in [-0.15, -0.1) is 5.10 Å². The minimum absolute atomic E-state index is 0.0925. The van der Waals surface area contributed by atoms with E-state index >= 15 is 0 Å². The predicted molar refractivity (Wildman–Crippen MR) is 115 cm³/mol. The van der Waals surface area contributed by atoms with E-state index in [1.807, 2.05) is 0 Å². The number of thioether (sulfide) groups is 1. The van der Waals surface area contributed by atoms with Crippen molar-refractivity contribution in [3.63, 3.8) is 0 Å². The first kappa shape index (κ1) is 20.7. The standard InChI is InChI=1S/C22H17F2N5OS/c23-17-3-1-15(2-4-17)13-29-22(27-21(28-29)16-9-11-25-12-10-16)31-14-20(30)26-19-7-5-18(24)6-8-19/h1-12H,13-14H2,(H,26,30). The number of rotatable bonds is 7. The first-order valence-corrected chi connectivity index (χ1v) is 10.3. The summed E-state index contributed by atoms with van der Waals surface area (Å²) in [6.45, 7) is 0.375. The zero-order valence-corrected chi connectivity index (χ0v) is 17.0. The van der Waals surface area contributed by atoms with Gasteiger partial charge in [0, 0.05) is 23.6 Å². The van der Waals surface area contributed by atoms with Gasteiger partial charge in [0.1, 0.15) is 11.6 Å². The molecule has 2 aromatic carbocycles. The fourth-order valence-electron chi connectivity index (χ4n) is 2.78. The molecule has 2 aromatic heterocycles. The van der Waals surface area contributed by atoms with Gasteiger partial charge in [-0.25, -0.2) is 18.4 Å². The Balaban J connectivity index is 1.51. The highest BCUT2D eigenvalue weighted by Crippen LogP contribution is 2.23. The molecule has 0 saturated carbocycles. The van der Waals surface area contributed by atoms with Crippen molar-refractivity contribution >= 4 is 23.4 Å². The molecule has 156 valence electrons. The Hall–Kier alpha value is -3.59. The van der Waals surface area contributed by atoms with E-state index in [-0.39, 0.29) is 23.3 Å². The molecular formula is C22H17F2N5OS. The van der Waals surface area contributed by atoms with Crippen LogP contribution in [0, 0.1) is 11.6 Å². The number of carbonyl (C=O) groups excluding carboxylic acids is 1. The number of anilines is 1. The summed E-state index contributed by atoms with van der Waals surface area (Å²) in [6, 6.07) is 15.3. The number of hydrogen-bond donors (Lipinski definition) is 1. The quantitative estimate of drug-likeness (QED) is 0.434. The highest BCUT2D eigenvalue weighted by Gasteiger charge is 2.15. The second-order valence-corrected chi connectivity index (χ2v) is 7.52. The molecule has 31 heavy (non-hydrogen) atoms. The van der Waals surface area contributed by atoms with E-state index in [1.165, 1.54) is 48.2 Å². The molecular weight excluding hydrogens is 420 g/mol. The summed E-state index contributed by atoms with van der Waals surface area (Å²) in [5, 5.41) is 7.83. The van der Waals surface area contributed by atoms with Gasteiger partial charge < -0.3 is 5.32 Å². The highest BCUT2D eigenvalue weighted by atomic mass is 32.2. The molecule has 2 heterocycles. The fourth-order valence-corrected chi connectivity index (χ4v) is 3.52. The van der Waals surface area contributed by atoms with Gasteiger partial charge in [0.15, 0.2) is 11.0 Å². The van der Waals surface area contributed by atoms with E-state index in [9.17, 15) is 13.6 Å². The summed E-state index contributed by atoms with van der Waals surface area (Å²) in [4.78, 5) is 20.9. The summed E-state index contributed by atoms with van der Waals surface area (Å²) >= 11 is 1.23. The molecule has 0 fully saturated rings. The smallest absolute Gasteiger partial charge is 0.234 e. The lowest BCUT2D eigenvalue weighted by Gasteiger charge is -2.07. The Bertz CT molecular complexity index is 1160. The number of nitrogens with one attached hydrogen (secondary N) is 1. The predicted octanol–water partition coefficient (Wildman–Crippen LogP) is 4.40. The van der Waals surface area contributed by atoms with Gasteiger partial charge in [0.2, 0.25) is 5.91 Å². The van der Waals surface area contributed by atoms with E-state index in [0.29, 0.717) is 23.2 Å². The molecule has 0 aliphatic rings. The monoisotopic (exact) mass is 437 g/mol. The molecule has 1 amide bonds. The van der Waals surface area contributed by atoms with Crippen molar-refractivity contribution in [3.05, 3.63) is 90.3 Å². The van der Waals surface area contributed by atoms with Crippen molar-refractivity contribution in [2.45, 2.75) is 11.7 Å². The fraction of sp³-hybridized carbons (Fsp3) is 0.0909. The lowest BCUT2D eigenvalue weighted by molar-refractivity contribution is -0.113. The van der Waals surface area contributed by atoms with Gasteiger partial charge in [0.25, 0.3) is 0 Å². The SMILES string of the molecule is O=C(CSc1nc(-c2ccncc2)nn1Cc1ccc(F)cc1)Nc1ccc(F)cc1. The number of nitrogens with zero attached hydrogens (tertiary/aromatic N) is 4. The molecule has 0 aliphatic carbocycles. The Labute approximate surface area is 181 Å². The Kier molecular flexibility index (Phi) is 6.32. The van der Waals surface area contributed by atoms with Crippen molar-refractivity contribution in [1.82, 2.24) is 19.7 Å². The third kappa shape index (κ3) is 5.52. The van der Waals surface area contributed by atoms with Gasteiger partial charge in [0.05, 0.1) is 12.3 Å². The van der Waals surface area contributed by atoms with Gasteiger partial charge in [-0.2, -0.15) is 0 Å². The lowest BCUT2D eigenvalue weighted by Crippen LogP contribution is -2.14. The van der Waals surface area contributed by atoms with E-state index in [1.54, 1.807) is 41.3 Å². The average Bonchev–Trinajstić information content (AvgIpc) is 3.19. The molecule has 0 radical (unpaired) electrons. The maximum atomic E-state index is 13.2. The number of benzene rings is 2. The second-order valence-electron chi connectivity index (χ2n) is 6.58. The molecule has 1 N–H and O–H groups in total. The van der Waals surface area contributed by atoms with Crippen LogP contribution in [0.1, 0.15) is 5.56 Å². The molecule has 0 atom stereocenters. The van der Waals surface area contributed by atoms with Crippen LogP contribution in [-0.4, -0.2) is 31.4 Å². The first-order chi connectivity index (χ1) is 15.1. The van der Waals surface area contributed by atoms with Crippen LogP contribution in [0.25, 0.3) is 11.4 Å². The van der Waals surface area contributed by atoms with Crippen LogP contribution in [0.5, 0.6) is 0 Å². The first-order valence-electron chi connectivity index (χ1n) is 9.35. The zero-order valence-electron chi connectivity index (χ0n) is 16.2. The maximum Gasteiger partial charge on any atom is 0.234 e. The number of amides is 1. The Morgan fingerprint density at radius 2 is 1.58 bits per heavy atom. The lowest BCUT2D eigenvalue weighted by atomic mass is 10.2. The van der Waals surface area contributed by atoms with Crippen LogP contribution in [-0.2, 0) is 11.3 Å². The van der Waals surface area contributed by atoms with Crippen LogP contribution >= 0.6 is 11.8 Å². The van der Waals surface area contributed by atoms with Crippen LogP contribution in [0.4, 0.5) is 14.5 Å². The van der Waals surface area contributed by atoms with Gasteiger partial charge in [-0.3, -0.25) is 9.78 Å². The molecule has 0 unspecified atom stereocenters. The Morgan fingerprint density at radius 1 is 0.935 bits per heavy atom. The van der Waals surface area contributed by atoms with Crippen molar-refractivity contribution in [1.29, 1.82) is 0 Å². The van der Waals surface area contributed by atoms with E-state index < -0.39 is 0 Å². The van der Waals surface area contributed by atoms with Gasteiger partial charge in [-0.1, -0.05) is 23.9 Å². The van der Waals surface area contributed by atoms with Gasteiger partial charge >= 0.3 is 0 Å². The average molecular weight is 437 g/mol. The minimum atomic E-state index is -0.370. The number of carbonyl (C=O) groups is 1. The minimum Gasteiger partial charge on any atom is -0.325 e. The summed E-state index contributed by atoms with van der Waals surface area (Å²) in [6.07, 6.45) is 3.30. The third-order valence-corrected chi connectivity index (χ3v) is 5.25. The Morgan fingerprint density at radius 3 is 2.26 bits per heavy atom. The van der Waals surface area contributed by atoms with Crippen LogP contribution < -0.4 is 5.32 Å². The number of pyridine rings is 1. The van der Waals surface area contributed by atoms with Crippen LogP contribution in [0.3, 0.4) is 0 Å². The molecule has 0 bridgehead atoms. The zero-order chi connectivity index (χ0) is 21.6. The molecule has 0 saturated heterocycles. The number of halogens is 2. The highest BCUT2D eigenvalue weighted by molar-refractivity contribution is 7.99. The van der Waals surface area contributed by atoms with Crippen LogP contribution in [0.15, 0.2) is 78.2 Å². The topological polar surface area (TPSA) is 72.7 Å². The summed E-state index contributed by atoms with van der Waals surface area (Å²) in [7, 11) is 0. The van der Waals surface area contributed by atoms with Crippen molar-refractivity contribution in [2.24, 2.45) is 0 Å². The maximum absolute atomic E-state index is 13.2. The van der Waals surface area contributed by atoms with Crippen molar-refractivity contribution in [3.8, 4) is 11.4 Å². The summed E-state index contributed by atoms with van der Waals surface area (Å²) in [5.74, 6) is -0.337. The molecule has 4 aromatic rings. The summed E-state index contributed by atoms with van der Waals surface area (Å²) in [5.41, 5.74) is 2.16. The molecule has 6 nitrogen and oxygen atoms in total. The van der Waals surface area contributed by atoms with E-state index in [4.69, 9.17) is 0 Å². The van der Waals surface area contributed by atoms with Crippen molar-refractivity contribution in [2.75, 3.05) is 11.1 Å². The largest absolute Gasteiger partial charge is 0.325 e. The second kappa shape index (κ2) is 9.48. The van der Waals surface area contributed by atoms with Crippen molar-refractivity contribution < 1.29 is 13.6 Å². The number of hydrogen-bond acceptors (Lipinski definition) is 5. The van der Waals surface area contributed by atoms with Crippen LogP contribution in [0.2, 0.25) is 0 Å². The number of aromatic nitrogens is 4. The van der Waals surface area contributed by atoms with E-state index in [2.05, 4.69) is 20.4 Å². The summed E-state index contributed by atoms with van der Waals surface area (Å²) < 4.78 is 27.9. The van der Waals surface area contributed by atoms with E-state index in [0.717, 1.165) is 11.1 Å². The molecule has 0 aliphatic heterocycles. The molecule has 0 spiro atoms. The molecule has 4 rings (SSSR count). The molecule has 9 heteroatoms.